The Bertz CT molecular complexity index is 230. The smallest absolute Gasteiger partial charge is 0.332 e. The van der Waals surface area contributed by atoms with Crippen LogP contribution < -0.4 is 0 Å². The lowest BCUT2D eigenvalue weighted by atomic mass is 10.4. The molecule has 0 spiro atoms. The predicted octanol–water partition coefficient (Wildman–Crippen LogP) is 0.996. The Labute approximate surface area is 84.8 Å². The number of hydrogen-bond acceptors (Lipinski definition) is 3. The summed E-state index contributed by atoms with van der Waals surface area (Å²) >= 11 is 0. The molecule has 1 amide bonds. The first-order valence-corrected chi connectivity index (χ1v) is 3.94. The fourth-order valence-corrected chi connectivity index (χ4v) is 0.357. The van der Waals surface area contributed by atoms with Gasteiger partial charge in [0.15, 0.2) is 0 Å². The van der Waals surface area contributed by atoms with Crippen molar-refractivity contribution < 1.29 is 14.3 Å². The van der Waals surface area contributed by atoms with Gasteiger partial charge in [0.1, 0.15) is 0 Å². The molecule has 0 N–H and O–H groups in total. The Balaban J connectivity index is 0. The average Bonchev–Trinajstić information content (AvgIpc) is 2.15. The molecule has 0 aromatic heterocycles. The summed E-state index contributed by atoms with van der Waals surface area (Å²) in [5.41, 5.74) is 0.433. The SMILES string of the molecule is C=C(C)C(=O)OC.C=CC(=O)N(C)C. The van der Waals surface area contributed by atoms with Gasteiger partial charge in [0.25, 0.3) is 0 Å². The molecule has 0 aromatic carbocycles. The molecule has 80 valence electrons. The van der Waals surface area contributed by atoms with Crippen molar-refractivity contribution in [1.29, 1.82) is 0 Å². The van der Waals surface area contributed by atoms with Gasteiger partial charge in [0.2, 0.25) is 5.91 Å². The van der Waals surface area contributed by atoms with E-state index in [0.717, 1.165) is 0 Å². The van der Waals surface area contributed by atoms with Crippen molar-refractivity contribution in [2.75, 3.05) is 21.2 Å². The monoisotopic (exact) mass is 199 g/mol. The van der Waals surface area contributed by atoms with Crippen LogP contribution in [0.15, 0.2) is 24.8 Å². The maximum Gasteiger partial charge on any atom is 0.332 e. The summed E-state index contributed by atoms with van der Waals surface area (Å²) in [6.07, 6.45) is 1.28. The van der Waals surface area contributed by atoms with E-state index in [2.05, 4.69) is 17.9 Å². The van der Waals surface area contributed by atoms with Gasteiger partial charge in [0, 0.05) is 19.7 Å². The van der Waals surface area contributed by atoms with E-state index >= 15 is 0 Å². The van der Waals surface area contributed by atoms with Crippen LogP contribution in [-0.4, -0.2) is 38.0 Å². The largest absolute Gasteiger partial charge is 0.466 e. The number of rotatable bonds is 2. The van der Waals surface area contributed by atoms with Gasteiger partial charge in [-0.1, -0.05) is 13.2 Å². The zero-order chi connectivity index (χ0) is 11.7. The van der Waals surface area contributed by atoms with Crippen molar-refractivity contribution in [3.63, 3.8) is 0 Å². The molecule has 0 bridgehead atoms. The third-order valence-electron chi connectivity index (χ3n) is 1.15. The Morgan fingerprint density at radius 3 is 1.79 bits per heavy atom. The van der Waals surface area contributed by atoms with Gasteiger partial charge in [-0.05, 0) is 13.0 Å². The van der Waals surface area contributed by atoms with E-state index in [9.17, 15) is 9.59 Å². The molecule has 0 fully saturated rings. The zero-order valence-corrected chi connectivity index (χ0v) is 9.16. The molecule has 4 heteroatoms. The molecule has 14 heavy (non-hydrogen) atoms. The third-order valence-corrected chi connectivity index (χ3v) is 1.15. The topological polar surface area (TPSA) is 46.6 Å². The maximum atomic E-state index is 10.3. The van der Waals surface area contributed by atoms with E-state index in [-0.39, 0.29) is 11.9 Å². The zero-order valence-electron chi connectivity index (χ0n) is 9.16. The highest BCUT2D eigenvalue weighted by Gasteiger charge is 1.95. The number of esters is 1. The molecule has 0 rings (SSSR count). The third kappa shape index (κ3) is 8.52. The second-order valence-electron chi connectivity index (χ2n) is 2.71. The fourth-order valence-electron chi connectivity index (χ4n) is 0.357. The van der Waals surface area contributed by atoms with Crippen LogP contribution in [-0.2, 0) is 14.3 Å². The average molecular weight is 199 g/mol. The fraction of sp³-hybridized carbons (Fsp3) is 0.400. The van der Waals surface area contributed by atoms with Crippen molar-refractivity contribution in [3.8, 4) is 0 Å². The van der Waals surface area contributed by atoms with Crippen LogP contribution in [0.2, 0.25) is 0 Å². The number of amides is 1. The normalized spacial score (nSPS) is 7.71. The lowest BCUT2D eigenvalue weighted by Gasteiger charge is -2.03. The van der Waals surface area contributed by atoms with Gasteiger partial charge in [-0.25, -0.2) is 4.79 Å². The van der Waals surface area contributed by atoms with Crippen molar-refractivity contribution in [2.45, 2.75) is 6.92 Å². The summed E-state index contributed by atoms with van der Waals surface area (Å²) in [5, 5.41) is 0. The Kier molecular flexibility index (Phi) is 8.57. The predicted molar refractivity (Wildman–Crippen MR) is 55.7 cm³/mol. The van der Waals surface area contributed by atoms with Gasteiger partial charge in [-0.3, -0.25) is 4.79 Å². The first-order valence-electron chi connectivity index (χ1n) is 3.94. The standard InChI is InChI=1S/C5H9NO.C5H8O2/c1-4-5(7)6(2)3;1-4(2)5(6)7-3/h4H,1H2,2-3H3;1H2,2-3H3. The van der Waals surface area contributed by atoms with Crippen molar-refractivity contribution in [2.24, 2.45) is 0 Å². The van der Waals surface area contributed by atoms with Crippen LogP contribution in [0, 0.1) is 0 Å². The molecule has 0 aliphatic carbocycles. The Hall–Kier alpha value is -1.58. The molecule has 0 saturated carbocycles. The molecule has 0 aliphatic rings. The highest BCUT2D eigenvalue weighted by atomic mass is 16.5. The van der Waals surface area contributed by atoms with Crippen LogP contribution in [0.5, 0.6) is 0 Å². The molecule has 4 nitrogen and oxygen atoms in total. The van der Waals surface area contributed by atoms with Gasteiger partial charge in [0.05, 0.1) is 7.11 Å². The van der Waals surface area contributed by atoms with E-state index in [0.29, 0.717) is 5.57 Å². The number of nitrogens with zero attached hydrogens (tertiary/aromatic N) is 1. The highest BCUT2D eigenvalue weighted by molar-refractivity contribution is 5.86. The van der Waals surface area contributed by atoms with Crippen LogP contribution in [0.4, 0.5) is 0 Å². The van der Waals surface area contributed by atoms with E-state index in [1.165, 1.54) is 18.1 Å². The maximum absolute atomic E-state index is 10.3. The number of carbonyl (C=O) groups is 2. The van der Waals surface area contributed by atoms with Crippen molar-refractivity contribution >= 4 is 11.9 Å². The van der Waals surface area contributed by atoms with E-state index in [1.54, 1.807) is 21.0 Å². The number of methoxy groups -OCH3 is 1. The first-order chi connectivity index (χ1) is 6.36. The second-order valence-corrected chi connectivity index (χ2v) is 2.71. The summed E-state index contributed by atoms with van der Waals surface area (Å²) in [6.45, 7) is 8.25. The minimum absolute atomic E-state index is 0.0556. The molecular weight excluding hydrogens is 182 g/mol. The van der Waals surface area contributed by atoms with Crippen LogP contribution >= 0.6 is 0 Å². The minimum atomic E-state index is -0.347. The molecule has 0 saturated heterocycles. The van der Waals surface area contributed by atoms with Gasteiger partial charge in [-0.15, -0.1) is 0 Å². The van der Waals surface area contributed by atoms with Crippen molar-refractivity contribution in [3.05, 3.63) is 24.8 Å². The van der Waals surface area contributed by atoms with Crippen LogP contribution in [0.3, 0.4) is 0 Å². The van der Waals surface area contributed by atoms with E-state index in [4.69, 9.17) is 0 Å². The lowest BCUT2D eigenvalue weighted by Crippen LogP contribution is -2.18. The first kappa shape index (κ1) is 14.9. The highest BCUT2D eigenvalue weighted by Crippen LogP contribution is 1.87. The summed E-state index contributed by atoms with van der Waals surface area (Å²) < 4.78 is 4.27. The summed E-state index contributed by atoms with van der Waals surface area (Å²) in [6, 6.07) is 0. The lowest BCUT2D eigenvalue weighted by molar-refractivity contribution is -0.136. The van der Waals surface area contributed by atoms with E-state index < -0.39 is 0 Å². The molecule has 0 aliphatic heterocycles. The summed E-state index contributed by atoms with van der Waals surface area (Å²) in [5.74, 6) is -0.403. The van der Waals surface area contributed by atoms with Gasteiger partial charge in [-0.2, -0.15) is 0 Å². The van der Waals surface area contributed by atoms with Gasteiger partial charge >= 0.3 is 5.97 Å². The number of hydrogen-bond donors (Lipinski definition) is 0. The molecular formula is C10H17NO3. The number of ether oxygens (including phenoxy) is 1. The second kappa shape index (κ2) is 8.04. The van der Waals surface area contributed by atoms with E-state index in [1.807, 2.05) is 0 Å². The quantitative estimate of drug-likeness (QED) is 0.492. The van der Waals surface area contributed by atoms with Gasteiger partial charge < -0.3 is 9.64 Å². The van der Waals surface area contributed by atoms with Crippen LogP contribution in [0.25, 0.3) is 0 Å². The number of carbonyl (C=O) groups excluding carboxylic acids is 2. The number of likely N-dealkylation sites (N-methyl/N-ethyl adjacent to an activating group) is 1. The molecule has 0 atom stereocenters. The molecule has 0 heterocycles. The van der Waals surface area contributed by atoms with Crippen LogP contribution in [0.1, 0.15) is 6.92 Å². The van der Waals surface area contributed by atoms with Crippen molar-refractivity contribution in [1.82, 2.24) is 4.90 Å². The molecule has 0 aromatic rings. The molecule has 0 radical (unpaired) electrons. The summed E-state index contributed by atoms with van der Waals surface area (Å²) in [7, 11) is 4.70. The Morgan fingerprint density at radius 2 is 1.79 bits per heavy atom. The molecule has 0 unspecified atom stereocenters. The summed E-state index contributed by atoms with van der Waals surface area (Å²) in [4.78, 5) is 22.0. The Morgan fingerprint density at radius 1 is 1.36 bits per heavy atom. The minimum Gasteiger partial charge on any atom is -0.466 e.